The fraction of sp³-hybridized carbons (Fsp3) is 0.500. The van der Waals surface area contributed by atoms with E-state index in [1.807, 2.05) is 0 Å². The Balaban J connectivity index is 1.92. The van der Waals surface area contributed by atoms with Crippen LogP contribution in [0, 0.1) is 17.6 Å². The van der Waals surface area contributed by atoms with Crippen molar-refractivity contribution in [3.8, 4) is 0 Å². The van der Waals surface area contributed by atoms with E-state index in [0.29, 0.717) is 12.3 Å². The van der Waals surface area contributed by atoms with Gasteiger partial charge in [0.05, 0.1) is 0 Å². The van der Waals surface area contributed by atoms with Crippen LogP contribution in [-0.4, -0.2) is 18.9 Å². The molecule has 0 unspecified atom stereocenters. The van der Waals surface area contributed by atoms with Gasteiger partial charge in [0.25, 0.3) is 0 Å². The highest BCUT2D eigenvalue weighted by molar-refractivity contribution is 5.81. The van der Waals surface area contributed by atoms with Crippen molar-refractivity contribution in [1.82, 2.24) is 5.32 Å². The Morgan fingerprint density at radius 3 is 2.72 bits per heavy atom. The maximum absolute atomic E-state index is 13.4. The number of benzene rings is 1. The van der Waals surface area contributed by atoms with Crippen LogP contribution < -0.4 is 5.32 Å². The topological polar surface area (TPSA) is 29.1 Å². The standard InChI is InChI=1S/C14H17F2NO/c15-12-1-2-14(16)11(8-12)9-13(18)7-10-3-5-17-6-4-10/h1-2,8,10,17H,3-7,9H2. The zero-order chi connectivity index (χ0) is 13.0. The van der Waals surface area contributed by atoms with Gasteiger partial charge >= 0.3 is 0 Å². The molecule has 2 nitrogen and oxygen atoms in total. The monoisotopic (exact) mass is 253 g/mol. The molecule has 1 aliphatic heterocycles. The highest BCUT2D eigenvalue weighted by Gasteiger charge is 2.18. The number of hydrogen-bond acceptors (Lipinski definition) is 2. The number of carbonyl (C=O) groups excluding carboxylic acids is 1. The van der Waals surface area contributed by atoms with E-state index in [9.17, 15) is 13.6 Å². The van der Waals surface area contributed by atoms with Crippen molar-refractivity contribution in [2.24, 2.45) is 5.92 Å². The summed E-state index contributed by atoms with van der Waals surface area (Å²) >= 11 is 0. The SMILES string of the molecule is O=C(Cc1cc(F)ccc1F)CC1CCNCC1. The molecular weight excluding hydrogens is 236 g/mol. The minimum Gasteiger partial charge on any atom is -0.317 e. The molecule has 1 N–H and O–H groups in total. The highest BCUT2D eigenvalue weighted by atomic mass is 19.1. The minimum atomic E-state index is -0.505. The van der Waals surface area contributed by atoms with Gasteiger partial charge in [0, 0.05) is 12.8 Å². The normalized spacial score (nSPS) is 16.8. The van der Waals surface area contributed by atoms with Gasteiger partial charge in [-0.25, -0.2) is 8.78 Å². The van der Waals surface area contributed by atoms with E-state index in [4.69, 9.17) is 0 Å². The first kappa shape index (κ1) is 13.1. The molecule has 0 saturated carbocycles. The Labute approximate surface area is 105 Å². The lowest BCUT2D eigenvalue weighted by molar-refractivity contribution is -0.119. The van der Waals surface area contributed by atoms with Crippen LogP contribution in [-0.2, 0) is 11.2 Å². The maximum atomic E-state index is 13.4. The number of halogens is 2. The molecule has 1 fully saturated rings. The van der Waals surface area contributed by atoms with E-state index in [-0.39, 0.29) is 17.8 Å². The van der Waals surface area contributed by atoms with Gasteiger partial charge in [0.2, 0.25) is 0 Å². The van der Waals surface area contributed by atoms with Gasteiger partial charge in [-0.05, 0) is 55.6 Å². The van der Waals surface area contributed by atoms with Crippen molar-refractivity contribution in [2.75, 3.05) is 13.1 Å². The molecular formula is C14H17F2NO. The van der Waals surface area contributed by atoms with Crippen molar-refractivity contribution in [3.63, 3.8) is 0 Å². The second-order valence-electron chi connectivity index (χ2n) is 4.85. The van der Waals surface area contributed by atoms with Crippen molar-refractivity contribution in [1.29, 1.82) is 0 Å². The van der Waals surface area contributed by atoms with Crippen LogP contribution in [0.1, 0.15) is 24.8 Å². The third-order valence-electron chi connectivity index (χ3n) is 3.37. The van der Waals surface area contributed by atoms with E-state index >= 15 is 0 Å². The van der Waals surface area contributed by atoms with Crippen LogP contribution in [0.2, 0.25) is 0 Å². The lowest BCUT2D eigenvalue weighted by atomic mass is 9.91. The third kappa shape index (κ3) is 3.60. The molecule has 2 rings (SSSR count). The number of rotatable bonds is 4. The summed E-state index contributed by atoms with van der Waals surface area (Å²) in [6.07, 6.45) is 2.43. The van der Waals surface area contributed by atoms with Crippen LogP contribution in [0.4, 0.5) is 8.78 Å². The van der Waals surface area contributed by atoms with Crippen molar-refractivity contribution in [3.05, 3.63) is 35.4 Å². The minimum absolute atomic E-state index is 0.00643. The summed E-state index contributed by atoms with van der Waals surface area (Å²) in [6, 6.07) is 3.24. The van der Waals surface area contributed by atoms with Crippen LogP contribution in [0.3, 0.4) is 0 Å². The molecule has 18 heavy (non-hydrogen) atoms. The average molecular weight is 253 g/mol. The summed E-state index contributed by atoms with van der Waals surface area (Å²) in [5.74, 6) is -0.627. The fourth-order valence-corrected chi connectivity index (χ4v) is 2.37. The molecule has 1 heterocycles. The predicted molar refractivity (Wildman–Crippen MR) is 65.3 cm³/mol. The Kier molecular flexibility index (Phi) is 4.42. The van der Waals surface area contributed by atoms with E-state index in [1.165, 1.54) is 0 Å². The van der Waals surface area contributed by atoms with Crippen LogP contribution in [0.15, 0.2) is 18.2 Å². The number of hydrogen-bond donors (Lipinski definition) is 1. The summed E-state index contributed by atoms with van der Waals surface area (Å²) in [5.41, 5.74) is 0.161. The quantitative estimate of drug-likeness (QED) is 0.893. The summed E-state index contributed by atoms with van der Waals surface area (Å²) < 4.78 is 26.3. The molecule has 0 amide bonds. The smallest absolute Gasteiger partial charge is 0.137 e. The molecule has 1 aliphatic rings. The second-order valence-corrected chi connectivity index (χ2v) is 4.85. The molecule has 0 spiro atoms. The summed E-state index contributed by atoms with van der Waals surface area (Å²) in [7, 11) is 0. The molecule has 1 saturated heterocycles. The second kappa shape index (κ2) is 6.05. The Morgan fingerprint density at radius 1 is 1.28 bits per heavy atom. The number of Topliss-reactive ketones (excluding diaryl/α,β-unsaturated/α-hetero) is 1. The molecule has 0 aromatic heterocycles. The Hall–Kier alpha value is -1.29. The van der Waals surface area contributed by atoms with Crippen molar-refractivity contribution >= 4 is 5.78 Å². The molecule has 4 heteroatoms. The van der Waals surface area contributed by atoms with Crippen LogP contribution in [0.25, 0.3) is 0 Å². The van der Waals surface area contributed by atoms with Gasteiger partial charge in [-0.2, -0.15) is 0 Å². The van der Waals surface area contributed by atoms with E-state index in [2.05, 4.69) is 5.32 Å². The van der Waals surface area contributed by atoms with Crippen LogP contribution >= 0.6 is 0 Å². The van der Waals surface area contributed by atoms with E-state index < -0.39 is 11.6 Å². The zero-order valence-corrected chi connectivity index (χ0v) is 10.2. The fourth-order valence-electron chi connectivity index (χ4n) is 2.37. The number of carbonyl (C=O) groups is 1. The number of piperidine rings is 1. The first-order chi connectivity index (χ1) is 8.65. The summed E-state index contributed by atoms with van der Waals surface area (Å²) in [5, 5.41) is 3.23. The lowest BCUT2D eigenvalue weighted by Gasteiger charge is -2.21. The molecule has 1 aromatic carbocycles. The Morgan fingerprint density at radius 2 is 2.00 bits per heavy atom. The van der Waals surface area contributed by atoms with E-state index in [0.717, 1.165) is 44.1 Å². The van der Waals surface area contributed by atoms with Gasteiger partial charge in [-0.3, -0.25) is 4.79 Å². The number of ketones is 1. The van der Waals surface area contributed by atoms with Gasteiger partial charge in [-0.15, -0.1) is 0 Å². The molecule has 98 valence electrons. The summed E-state index contributed by atoms with van der Waals surface area (Å²) in [4.78, 5) is 11.8. The lowest BCUT2D eigenvalue weighted by Crippen LogP contribution is -2.29. The first-order valence-corrected chi connectivity index (χ1v) is 6.31. The van der Waals surface area contributed by atoms with Crippen molar-refractivity contribution in [2.45, 2.75) is 25.7 Å². The molecule has 0 aliphatic carbocycles. The molecule has 1 aromatic rings. The Bertz CT molecular complexity index is 428. The predicted octanol–water partition coefficient (Wildman–Crippen LogP) is 2.47. The van der Waals surface area contributed by atoms with E-state index in [1.54, 1.807) is 0 Å². The maximum Gasteiger partial charge on any atom is 0.137 e. The molecule has 0 atom stereocenters. The average Bonchev–Trinajstić information content (AvgIpc) is 2.35. The van der Waals surface area contributed by atoms with Gasteiger partial charge in [-0.1, -0.05) is 0 Å². The van der Waals surface area contributed by atoms with Gasteiger partial charge < -0.3 is 5.32 Å². The van der Waals surface area contributed by atoms with Gasteiger partial charge in [0.15, 0.2) is 0 Å². The van der Waals surface area contributed by atoms with Crippen LogP contribution in [0.5, 0.6) is 0 Å². The summed E-state index contributed by atoms with van der Waals surface area (Å²) in [6.45, 7) is 1.87. The largest absolute Gasteiger partial charge is 0.317 e. The molecule has 0 radical (unpaired) electrons. The van der Waals surface area contributed by atoms with Gasteiger partial charge in [0.1, 0.15) is 17.4 Å². The zero-order valence-electron chi connectivity index (χ0n) is 10.2. The third-order valence-corrected chi connectivity index (χ3v) is 3.37. The number of nitrogens with one attached hydrogen (secondary N) is 1. The first-order valence-electron chi connectivity index (χ1n) is 6.31. The molecule has 0 bridgehead atoms. The van der Waals surface area contributed by atoms with Crippen molar-refractivity contribution < 1.29 is 13.6 Å². The highest BCUT2D eigenvalue weighted by Crippen LogP contribution is 2.18.